The summed E-state index contributed by atoms with van der Waals surface area (Å²) in [6.07, 6.45) is 0. The number of likely N-dealkylation sites (N-methyl/N-ethyl adjacent to an activating group) is 1. The molecule has 1 N–H and O–H groups in total. The van der Waals surface area contributed by atoms with Gasteiger partial charge in [0.2, 0.25) is 0 Å². The summed E-state index contributed by atoms with van der Waals surface area (Å²) >= 11 is 0. The lowest BCUT2D eigenvalue weighted by Gasteiger charge is -2.30. The molecule has 1 aromatic rings. The largest absolute Gasteiger partial charge is 0.481 e. The maximum Gasteiger partial charge on any atom is 0.315 e. The second-order valence-electron chi connectivity index (χ2n) is 4.94. The van der Waals surface area contributed by atoms with E-state index in [1.54, 1.807) is 6.92 Å². The van der Waals surface area contributed by atoms with Crippen molar-refractivity contribution >= 4 is 5.97 Å². The van der Waals surface area contributed by atoms with Gasteiger partial charge in [0.1, 0.15) is 5.41 Å². The zero-order valence-electron chi connectivity index (χ0n) is 11.9. The number of benzene rings is 1. The highest BCUT2D eigenvalue weighted by Crippen LogP contribution is 2.25. The zero-order chi connectivity index (χ0) is 14.3. The molecule has 0 saturated heterocycles. The lowest BCUT2D eigenvalue weighted by atomic mass is 9.82. The van der Waals surface area contributed by atoms with Crippen molar-refractivity contribution in [3.8, 4) is 0 Å². The average molecular weight is 265 g/mol. The van der Waals surface area contributed by atoms with Gasteiger partial charge in [0, 0.05) is 19.7 Å². The maximum absolute atomic E-state index is 11.6. The van der Waals surface area contributed by atoms with E-state index in [4.69, 9.17) is 4.74 Å². The minimum Gasteiger partial charge on any atom is -0.481 e. The molecule has 0 aliphatic carbocycles. The highest BCUT2D eigenvalue weighted by molar-refractivity contribution is 5.81. The molecule has 0 fully saturated rings. The molecule has 19 heavy (non-hydrogen) atoms. The van der Waals surface area contributed by atoms with Crippen molar-refractivity contribution in [3.63, 3.8) is 0 Å². The van der Waals surface area contributed by atoms with Crippen molar-refractivity contribution in [3.05, 3.63) is 35.9 Å². The van der Waals surface area contributed by atoms with Gasteiger partial charge in [-0.2, -0.15) is 0 Å². The van der Waals surface area contributed by atoms with E-state index in [-0.39, 0.29) is 0 Å². The molecular formula is C15H23NO3. The summed E-state index contributed by atoms with van der Waals surface area (Å²) in [6.45, 7) is 6.20. The van der Waals surface area contributed by atoms with Gasteiger partial charge in [-0.05, 0) is 26.5 Å². The van der Waals surface area contributed by atoms with Crippen LogP contribution in [0.5, 0.6) is 0 Å². The van der Waals surface area contributed by atoms with Gasteiger partial charge < -0.3 is 14.7 Å². The molecule has 1 aromatic carbocycles. The number of carboxylic acid groups (broad SMARTS) is 1. The van der Waals surface area contributed by atoms with Crippen LogP contribution in [0, 0.1) is 0 Å². The minimum absolute atomic E-state index is 0.458. The lowest BCUT2D eigenvalue weighted by Crippen LogP contribution is -2.44. The summed E-state index contributed by atoms with van der Waals surface area (Å²) < 4.78 is 5.30. The van der Waals surface area contributed by atoms with E-state index in [2.05, 4.69) is 0 Å². The third-order valence-corrected chi connectivity index (χ3v) is 3.29. The Kier molecular flexibility index (Phi) is 5.99. The molecule has 106 valence electrons. The highest BCUT2D eigenvalue weighted by atomic mass is 16.5. The Bertz CT molecular complexity index is 394. The SMILES string of the molecule is CCOCCN(C)CC(C)(C(=O)O)c1ccccc1. The molecule has 0 aliphatic rings. The van der Waals surface area contributed by atoms with E-state index in [9.17, 15) is 9.90 Å². The molecule has 4 nitrogen and oxygen atoms in total. The van der Waals surface area contributed by atoms with Crippen LogP contribution in [0.1, 0.15) is 19.4 Å². The zero-order valence-corrected chi connectivity index (χ0v) is 11.9. The van der Waals surface area contributed by atoms with E-state index < -0.39 is 11.4 Å². The van der Waals surface area contributed by atoms with Crippen LogP contribution in [0.2, 0.25) is 0 Å². The summed E-state index contributed by atoms with van der Waals surface area (Å²) in [5.41, 5.74) is -0.0758. The number of aliphatic carboxylic acids is 1. The number of hydrogen-bond donors (Lipinski definition) is 1. The van der Waals surface area contributed by atoms with Crippen LogP contribution in [0.25, 0.3) is 0 Å². The van der Waals surface area contributed by atoms with Gasteiger partial charge in [-0.1, -0.05) is 30.3 Å². The van der Waals surface area contributed by atoms with E-state index in [1.165, 1.54) is 0 Å². The second kappa shape index (κ2) is 7.26. The molecule has 1 atom stereocenters. The Labute approximate surface area is 115 Å². The summed E-state index contributed by atoms with van der Waals surface area (Å²) in [5, 5.41) is 9.55. The third-order valence-electron chi connectivity index (χ3n) is 3.29. The Morgan fingerprint density at radius 3 is 2.53 bits per heavy atom. The molecule has 0 aromatic heterocycles. The van der Waals surface area contributed by atoms with Crippen LogP contribution in [0.15, 0.2) is 30.3 Å². The Hall–Kier alpha value is -1.39. The summed E-state index contributed by atoms with van der Waals surface area (Å²) in [6, 6.07) is 9.37. The molecule has 0 spiro atoms. The molecule has 0 amide bonds. The molecular weight excluding hydrogens is 242 g/mol. The number of ether oxygens (including phenoxy) is 1. The fourth-order valence-corrected chi connectivity index (χ4v) is 2.07. The average Bonchev–Trinajstić information content (AvgIpc) is 2.39. The van der Waals surface area contributed by atoms with Crippen LogP contribution in [0.4, 0.5) is 0 Å². The van der Waals surface area contributed by atoms with Crippen molar-refractivity contribution in [1.29, 1.82) is 0 Å². The van der Waals surface area contributed by atoms with Gasteiger partial charge in [0.25, 0.3) is 0 Å². The van der Waals surface area contributed by atoms with E-state index >= 15 is 0 Å². The van der Waals surface area contributed by atoms with Crippen LogP contribution >= 0.6 is 0 Å². The van der Waals surface area contributed by atoms with Crippen LogP contribution < -0.4 is 0 Å². The van der Waals surface area contributed by atoms with Crippen molar-refractivity contribution in [2.45, 2.75) is 19.3 Å². The molecule has 1 unspecified atom stereocenters. The molecule has 0 aliphatic heterocycles. The van der Waals surface area contributed by atoms with Crippen LogP contribution in [-0.4, -0.2) is 49.3 Å². The van der Waals surface area contributed by atoms with E-state index in [0.29, 0.717) is 19.8 Å². The van der Waals surface area contributed by atoms with Gasteiger partial charge in [-0.3, -0.25) is 4.79 Å². The molecule has 1 rings (SSSR count). The summed E-state index contributed by atoms with van der Waals surface area (Å²) in [7, 11) is 1.92. The monoisotopic (exact) mass is 265 g/mol. The minimum atomic E-state index is -0.901. The predicted octanol–water partition coefficient (Wildman–Crippen LogP) is 2.00. The summed E-state index contributed by atoms with van der Waals surface area (Å²) in [4.78, 5) is 13.6. The summed E-state index contributed by atoms with van der Waals surface area (Å²) in [5.74, 6) is -0.804. The molecule has 0 heterocycles. The highest BCUT2D eigenvalue weighted by Gasteiger charge is 2.36. The number of carboxylic acids is 1. The first-order chi connectivity index (χ1) is 9.00. The van der Waals surface area contributed by atoms with Gasteiger partial charge in [-0.25, -0.2) is 0 Å². The molecule has 0 bridgehead atoms. The Morgan fingerprint density at radius 1 is 1.37 bits per heavy atom. The Morgan fingerprint density at radius 2 is 2.00 bits per heavy atom. The number of nitrogens with zero attached hydrogens (tertiary/aromatic N) is 1. The van der Waals surface area contributed by atoms with Gasteiger partial charge in [-0.15, -0.1) is 0 Å². The smallest absolute Gasteiger partial charge is 0.315 e. The molecule has 4 heteroatoms. The second-order valence-corrected chi connectivity index (χ2v) is 4.94. The quantitative estimate of drug-likeness (QED) is 0.730. The first-order valence-electron chi connectivity index (χ1n) is 6.56. The maximum atomic E-state index is 11.6. The van der Waals surface area contributed by atoms with Crippen molar-refractivity contribution in [2.24, 2.45) is 0 Å². The lowest BCUT2D eigenvalue weighted by molar-refractivity contribution is -0.144. The van der Waals surface area contributed by atoms with Crippen molar-refractivity contribution in [1.82, 2.24) is 4.90 Å². The van der Waals surface area contributed by atoms with Gasteiger partial charge in [0.15, 0.2) is 0 Å². The van der Waals surface area contributed by atoms with Crippen LogP contribution in [0.3, 0.4) is 0 Å². The number of hydrogen-bond acceptors (Lipinski definition) is 3. The number of rotatable bonds is 8. The Balaban J connectivity index is 2.75. The van der Waals surface area contributed by atoms with E-state index in [0.717, 1.165) is 12.1 Å². The normalized spacial score (nSPS) is 14.3. The predicted molar refractivity (Wildman–Crippen MR) is 75.4 cm³/mol. The molecule has 0 saturated carbocycles. The van der Waals surface area contributed by atoms with Gasteiger partial charge >= 0.3 is 5.97 Å². The topological polar surface area (TPSA) is 49.8 Å². The number of carbonyl (C=O) groups is 1. The third kappa shape index (κ3) is 4.33. The van der Waals surface area contributed by atoms with Gasteiger partial charge in [0.05, 0.1) is 6.61 Å². The first-order valence-corrected chi connectivity index (χ1v) is 6.56. The van der Waals surface area contributed by atoms with E-state index in [1.807, 2.05) is 49.2 Å². The van der Waals surface area contributed by atoms with Crippen molar-refractivity contribution < 1.29 is 14.6 Å². The molecule has 0 radical (unpaired) electrons. The first kappa shape index (κ1) is 15.7. The van der Waals surface area contributed by atoms with Crippen LogP contribution in [-0.2, 0) is 14.9 Å². The fraction of sp³-hybridized carbons (Fsp3) is 0.533. The van der Waals surface area contributed by atoms with Crippen molar-refractivity contribution in [2.75, 3.05) is 33.4 Å². The fourth-order valence-electron chi connectivity index (χ4n) is 2.07. The standard InChI is InChI=1S/C15H23NO3/c1-4-19-11-10-16(3)12-15(2,14(17)18)13-8-6-5-7-9-13/h5-9H,4,10-12H2,1-3H3,(H,17,18).